The lowest BCUT2D eigenvalue weighted by Crippen LogP contribution is -2.43. The molecule has 1 N–H and O–H groups in total. The summed E-state index contributed by atoms with van der Waals surface area (Å²) in [6.07, 6.45) is 0.728. The molecular weight excluding hydrogens is 416 g/mol. The summed E-state index contributed by atoms with van der Waals surface area (Å²) in [6, 6.07) is 9.70. The van der Waals surface area contributed by atoms with Crippen LogP contribution >= 0.6 is 11.5 Å². The van der Waals surface area contributed by atoms with Crippen molar-refractivity contribution in [1.82, 2.24) is 14.3 Å². The van der Waals surface area contributed by atoms with Gasteiger partial charge >= 0.3 is 0 Å². The number of amides is 1. The van der Waals surface area contributed by atoms with E-state index in [1.54, 1.807) is 13.2 Å². The summed E-state index contributed by atoms with van der Waals surface area (Å²) in [4.78, 5) is 19.5. The molecule has 3 aromatic rings. The SMILES string of the molecule is COc1cccc(-c2cc(C(=O)Nc3nc(CC(C)N4CCOCC4)ns3)oc2C)c1. The molecule has 9 heteroatoms. The second kappa shape index (κ2) is 9.59. The van der Waals surface area contributed by atoms with Gasteiger partial charge in [0.1, 0.15) is 17.3 Å². The molecule has 4 rings (SSSR count). The Morgan fingerprint density at radius 1 is 1.32 bits per heavy atom. The normalized spacial score (nSPS) is 15.6. The molecule has 0 radical (unpaired) electrons. The number of nitrogens with one attached hydrogen (secondary N) is 1. The molecule has 0 bridgehead atoms. The van der Waals surface area contributed by atoms with Gasteiger partial charge in [0.2, 0.25) is 5.13 Å². The average molecular weight is 443 g/mol. The predicted octanol–water partition coefficient (Wildman–Crippen LogP) is 3.63. The summed E-state index contributed by atoms with van der Waals surface area (Å²) in [7, 11) is 1.62. The maximum absolute atomic E-state index is 12.7. The first-order valence-corrected chi connectivity index (χ1v) is 11.0. The topological polar surface area (TPSA) is 89.7 Å². The van der Waals surface area contributed by atoms with Gasteiger partial charge in [0.25, 0.3) is 5.91 Å². The number of aryl methyl sites for hydroxylation is 1. The molecule has 1 aliphatic heterocycles. The first kappa shape index (κ1) is 21.5. The number of ether oxygens (including phenoxy) is 2. The standard InChI is InChI=1S/C22H26N4O4S/c1-14(26-7-9-29-10-8-26)11-20-23-22(31-25-20)24-21(27)19-13-18(15(2)30-19)16-5-4-6-17(12-16)28-3/h4-6,12-14H,7-11H2,1-3H3,(H,23,24,25,27). The van der Waals surface area contributed by atoms with E-state index in [0.717, 1.165) is 55.4 Å². The summed E-state index contributed by atoms with van der Waals surface area (Å²) in [5, 5.41) is 3.26. The van der Waals surface area contributed by atoms with Crippen molar-refractivity contribution in [1.29, 1.82) is 0 Å². The number of aromatic nitrogens is 2. The zero-order chi connectivity index (χ0) is 21.8. The summed E-state index contributed by atoms with van der Waals surface area (Å²) in [5.41, 5.74) is 1.77. The van der Waals surface area contributed by atoms with Crippen molar-refractivity contribution in [2.45, 2.75) is 26.3 Å². The van der Waals surface area contributed by atoms with E-state index in [9.17, 15) is 4.79 Å². The van der Waals surface area contributed by atoms with Gasteiger partial charge in [-0.1, -0.05) is 12.1 Å². The molecule has 0 saturated carbocycles. The van der Waals surface area contributed by atoms with Crippen LogP contribution in [0.5, 0.6) is 5.75 Å². The van der Waals surface area contributed by atoms with Crippen molar-refractivity contribution in [3.05, 3.63) is 47.7 Å². The molecule has 0 spiro atoms. The summed E-state index contributed by atoms with van der Waals surface area (Å²) < 4.78 is 20.8. The summed E-state index contributed by atoms with van der Waals surface area (Å²) in [6.45, 7) is 7.36. The molecule has 3 heterocycles. The van der Waals surface area contributed by atoms with E-state index in [1.807, 2.05) is 31.2 Å². The minimum Gasteiger partial charge on any atom is -0.497 e. The van der Waals surface area contributed by atoms with Crippen molar-refractivity contribution >= 4 is 22.6 Å². The van der Waals surface area contributed by atoms with Gasteiger partial charge in [0.05, 0.1) is 20.3 Å². The molecule has 1 amide bonds. The fraction of sp³-hybridized carbons (Fsp3) is 0.409. The Kier molecular flexibility index (Phi) is 6.64. The first-order valence-electron chi connectivity index (χ1n) is 10.2. The molecule has 1 fully saturated rings. The number of anilines is 1. The van der Waals surface area contributed by atoms with E-state index in [0.29, 0.717) is 16.9 Å². The molecular formula is C22H26N4O4S. The third kappa shape index (κ3) is 5.12. The number of benzene rings is 1. The molecule has 1 aliphatic rings. The molecule has 2 aromatic heterocycles. The molecule has 164 valence electrons. The Labute approximate surface area is 185 Å². The Morgan fingerprint density at radius 2 is 2.13 bits per heavy atom. The van der Waals surface area contributed by atoms with E-state index >= 15 is 0 Å². The lowest BCUT2D eigenvalue weighted by atomic mass is 10.1. The van der Waals surface area contributed by atoms with Gasteiger partial charge in [-0.05, 0) is 37.6 Å². The van der Waals surface area contributed by atoms with Crippen LogP contribution in [0.25, 0.3) is 11.1 Å². The Morgan fingerprint density at radius 3 is 2.90 bits per heavy atom. The van der Waals surface area contributed by atoms with Crippen LogP contribution in [-0.2, 0) is 11.2 Å². The van der Waals surface area contributed by atoms with Crippen molar-refractivity contribution in [2.24, 2.45) is 0 Å². The van der Waals surface area contributed by atoms with Crippen molar-refractivity contribution in [2.75, 3.05) is 38.7 Å². The number of carbonyl (C=O) groups is 1. The Hall–Kier alpha value is -2.75. The van der Waals surface area contributed by atoms with Crippen molar-refractivity contribution < 1.29 is 18.7 Å². The minimum atomic E-state index is -0.346. The van der Waals surface area contributed by atoms with E-state index in [-0.39, 0.29) is 11.7 Å². The van der Waals surface area contributed by atoms with E-state index < -0.39 is 0 Å². The smallest absolute Gasteiger partial charge is 0.293 e. The quantitative estimate of drug-likeness (QED) is 0.598. The molecule has 8 nitrogen and oxygen atoms in total. The molecule has 31 heavy (non-hydrogen) atoms. The monoisotopic (exact) mass is 442 g/mol. The van der Waals surface area contributed by atoms with Gasteiger partial charge in [-0.3, -0.25) is 15.0 Å². The number of methoxy groups -OCH3 is 1. The predicted molar refractivity (Wildman–Crippen MR) is 119 cm³/mol. The van der Waals surface area contributed by atoms with Crippen LogP contribution in [0.15, 0.2) is 34.7 Å². The van der Waals surface area contributed by atoms with E-state index in [1.165, 1.54) is 11.5 Å². The number of furan rings is 1. The lowest BCUT2D eigenvalue weighted by molar-refractivity contribution is 0.0200. The van der Waals surface area contributed by atoms with Gasteiger partial charge < -0.3 is 13.9 Å². The molecule has 1 unspecified atom stereocenters. The van der Waals surface area contributed by atoms with E-state index in [2.05, 4.69) is 26.5 Å². The van der Waals surface area contributed by atoms with Crippen LogP contribution in [0.1, 0.15) is 29.1 Å². The minimum absolute atomic E-state index is 0.230. The number of morpholine rings is 1. The number of carbonyl (C=O) groups excluding carboxylic acids is 1. The number of hydrogen-bond acceptors (Lipinski definition) is 8. The van der Waals surface area contributed by atoms with Gasteiger partial charge in [-0.15, -0.1) is 0 Å². The van der Waals surface area contributed by atoms with Crippen molar-refractivity contribution in [3.63, 3.8) is 0 Å². The molecule has 1 aromatic carbocycles. The van der Waals surface area contributed by atoms with Crippen LogP contribution in [0.2, 0.25) is 0 Å². The van der Waals surface area contributed by atoms with Crippen molar-refractivity contribution in [3.8, 4) is 16.9 Å². The highest BCUT2D eigenvalue weighted by molar-refractivity contribution is 7.09. The van der Waals surface area contributed by atoms with Gasteiger partial charge in [-0.25, -0.2) is 4.98 Å². The highest BCUT2D eigenvalue weighted by Gasteiger charge is 2.21. The molecule has 1 saturated heterocycles. The highest BCUT2D eigenvalue weighted by Crippen LogP contribution is 2.29. The van der Waals surface area contributed by atoms with Crippen LogP contribution < -0.4 is 10.1 Å². The number of rotatable bonds is 7. The first-order chi connectivity index (χ1) is 15.0. The molecule has 0 aliphatic carbocycles. The van der Waals surface area contributed by atoms with E-state index in [4.69, 9.17) is 13.9 Å². The maximum atomic E-state index is 12.7. The second-order valence-electron chi connectivity index (χ2n) is 7.48. The van der Waals surface area contributed by atoms with Crippen LogP contribution in [-0.4, -0.2) is 59.6 Å². The lowest BCUT2D eigenvalue weighted by Gasteiger charge is -2.31. The zero-order valence-corrected chi connectivity index (χ0v) is 18.7. The number of nitrogens with zero attached hydrogens (tertiary/aromatic N) is 3. The number of hydrogen-bond donors (Lipinski definition) is 1. The fourth-order valence-corrected chi connectivity index (χ4v) is 4.22. The third-order valence-corrected chi connectivity index (χ3v) is 6.03. The van der Waals surface area contributed by atoms with Gasteiger partial charge in [0, 0.05) is 42.6 Å². The second-order valence-corrected chi connectivity index (χ2v) is 8.24. The summed E-state index contributed by atoms with van der Waals surface area (Å²) in [5.74, 6) is 2.02. The van der Waals surface area contributed by atoms with Crippen LogP contribution in [0, 0.1) is 6.92 Å². The average Bonchev–Trinajstić information content (AvgIpc) is 3.40. The zero-order valence-electron chi connectivity index (χ0n) is 17.9. The largest absolute Gasteiger partial charge is 0.497 e. The van der Waals surface area contributed by atoms with Crippen LogP contribution in [0.3, 0.4) is 0 Å². The van der Waals surface area contributed by atoms with Gasteiger partial charge in [0.15, 0.2) is 5.76 Å². The highest BCUT2D eigenvalue weighted by atomic mass is 32.1. The van der Waals surface area contributed by atoms with Crippen LogP contribution in [0.4, 0.5) is 5.13 Å². The maximum Gasteiger partial charge on any atom is 0.293 e. The Bertz CT molecular complexity index is 1040. The molecule has 1 atom stereocenters. The Balaban J connectivity index is 1.41. The van der Waals surface area contributed by atoms with Gasteiger partial charge in [-0.2, -0.15) is 4.37 Å². The summed E-state index contributed by atoms with van der Waals surface area (Å²) >= 11 is 1.18. The fourth-order valence-electron chi connectivity index (χ4n) is 3.63. The third-order valence-electron chi connectivity index (χ3n) is 5.36.